The summed E-state index contributed by atoms with van der Waals surface area (Å²) in [6, 6.07) is 28.3. The van der Waals surface area contributed by atoms with Gasteiger partial charge in [-0.05, 0) is 30.1 Å². The summed E-state index contributed by atoms with van der Waals surface area (Å²) in [5.74, 6) is 0.832. The molecule has 0 aliphatic rings. The van der Waals surface area contributed by atoms with Crippen LogP contribution in [0.1, 0.15) is 38.8 Å². The lowest BCUT2D eigenvalue weighted by Crippen LogP contribution is -2.29. The van der Waals surface area contributed by atoms with Gasteiger partial charge in [-0.3, -0.25) is 4.79 Å². The van der Waals surface area contributed by atoms with Crippen molar-refractivity contribution >= 4 is 36.0 Å². The number of methoxy groups -OCH3 is 1. The van der Waals surface area contributed by atoms with E-state index < -0.39 is 7.12 Å². The Balaban J connectivity index is 0.000000589. The zero-order chi connectivity index (χ0) is 30.9. The predicted molar refractivity (Wildman–Crippen MR) is 168 cm³/mol. The van der Waals surface area contributed by atoms with Crippen molar-refractivity contribution in [3.8, 4) is 5.75 Å². The van der Waals surface area contributed by atoms with E-state index >= 15 is 0 Å². The molecule has 4 aromatic rings. The van der Waals surface area contributed by atoms with Crippen LogP contribution in [0.15, 0.2) is 97.3 Å². The van der Waals surface area contributed by atoms with Crippen molar-refractivity contribution in [3.63, 3.8) is 0 Å². The van der Waals surface area contributed by atoms with Gasteiger partial charge in [0.25, 0.3) is 0 Å². The number of aryl methyl sites for hydroxylation is 1. The van der Waals surface area contributed by atoms with Crippen LogP contribution in [-0.2, 0) is 16.1 Å². The zero-order valence-electron chi connectivity index (χ0n) is 24.6. The van der Waals surface area contributed by atoms with E-state index in [2.05, 4.69) is 39.1 Å². The number of nitrogens with zero attached hydrogens (tertiary/aromatic N) is 2. The van der Waals surface area contributed by atoms with Gasteiger partial charge in [0.05, 0.1) is 7.11 Å². The summed E-state index contributed by atoms with van der Waals surface area (Å²) in [5.41, 5.74) is 2.87. The van der Waals surface area contributed by atoms with Crippen molar-refractivity contribution in [2.24, 2.45) is 0 Å². The molecule has 41 heavy (non-hydrogen) atoms. The van der Waals surface area contributed by atoms with Crippen LogP contribution in [0.3, 0.4) is 0 Å². The number of hydrogen-bond donors (Lipinski definition) is 3. The second kappa shape index (κ2) is 23.9. The minimum Gasteiger partial charge on any atom is -0.489 e. The molecule has 0 radical (unpaired) electrons. The summed E-state index contributed by atoms with van der Waals surface area (Å²) in [4.78, 5) is 18.2. The van der Waals surface area contributed by atoms with E-state index in [-0.39, 0.29) is 12.5 Å². The van der Waals surface area contributed by atoms with Crippen LogP contribution in [0.25, 0.3) is 0 Å². The van der Waals surface area contributed by atoms with Crippen LogP contribution in [0.5, 0.6) is 5.75 Å². The highest BCUT2D eigenvalue weighted by atomic mass is 35.5. The molecule has 220 valence electrons. The Morgan fingerprint density at radius 1 is 0.878 bits per heavy atom. The number of esters is 1. The largest absolute Gasteiger partial charge is 0.489 e. The second-order valence-corrected chi connectivity index (χ2v) is 7.91. The smallest absolute Gasteiger partial charge is 0.488 e. The molecule has 0 amide bonds. The summed E-state index contributed by atoms with van der Waals surface area (Å²) >= 11 is 5.59. The van der Waals surface area contributed by atoms with Crippen molar-refractivity contribution in [3.05, 3.63) is 114 Å². The van der Waals surface area contributed by atoms with Crippen LogP contribution in [-0.4, -0.2) is 46.8 Å². The molecule has 0 atom stereocenters. The lowest BCUT2D eigenvalue weighted by molar-refractivity contribution is -0.138. The summed E-state index contributed by atoms with van der Waals surface area (Å²) in [6.45, 7) is 10.6. The Labute approximate surface area is 249 Å². The van der Waals surface area contributed by atoms with E-state index in [1.807, 2.05) is 76.2 Å². The highest BCUT2D eigenvalue weighted by Crippen LogP contribution is 2.11. The third kappa shape index (κ3) is 18.1. The average Bonchev–Trinajstić information content (AvgIpc) is 3.02. The van der Waals surface area contributed by atoms with Gasteiger partial charge in [0.1, 0.15) is 36.2 Å². The molecular weight excluding hydrogens is 541 g/mol. The number of carbonyl (C=O) groups is 1. The Bertz CT molecular complexity index is 1190. The van der Waals surface area contributed by atoms with E-state index in [4.69, 9.17) is 26.4 Å². The third-order valence-corrected chi connectivity index (χ3v) is 4.85. The van der Waals surface area contributed by atoms with Gasteiger partial charge in [0, 0.05) is 6.07 Å². The van der Waals surface area contributed by atoms with Gasteiger partial charge in [0.15, 0.2) is 0 Å². The molecule has 0 saturated heterocycles. The molecule has 3 aromatic carbocycles. The highest BCUT2D eigenvalue weighted by molar-refractivity contribution is 6.58. The van der Waals surface area contributed by atoms with Gasteiger partial charge < -0.3 is 24.8 Å². The van der Waals surface area contributed by atoms with Gasteiger partial charge in [-0.15, -0.1) is 0 Å². The fourth-order valence-corrected chi connectivity index (χ4v) is 2.82. The number of rotatable bonds is 7. The minimum absolute atomic E-state index is 0.0594. The van der Waals surface area contributed by atoms with E-state index in [0.29, 0.717) is 28.8 Å². The van der Waals surface area contributed by atoms with Crippen LogP contribution < -0.4 is 15.5 Å². The third-order valence-electron chi connectivity index (χ3n) is 4.64. The monoisotopic (exact) mass is 581 g/mol. The van der Waals surface area contributed by atoms with E-state index in [0.717, 1.165) is 5.56 Å². The van der Waals surface area contributed by atoms with Crippen molar-refractivity contribution in [1.29, 1.82) is 0 Å². The fraction of sp³-hybridized carbons (Fsp3) is 0.258. The molecule has 8 nitrogen and oxygen atoms in total. The van der Waals surface area contributed by atoms with Crippen LogP contribution in [0, 0.1) is 6.92 Å². The Kier molecular flexibility index (Phi) is 21.6. The number of ether oxygens (including phenoxy) is 2. The number of anilines is 1. The Morgan fingerprint density at radius 2 is 1.44 bits per heavy atom. The molecule has 0 spiro atoms. The van der Waals surface area contributed by atoms with Crippen LogP contribution >= 0.6 is 11.6 Å². The van der Waals surface area contributed by atoms with E-state index in [1.54, 1.807) is 24.3 Å². The molecule has 1 aromatic heterocycles. The number of nitrogens with one attached hydrogen (secondary N) is 1. The Hall–Kier alpha value is -3.92. The van der Waals surface area contributed by atoms with Crippen molar-refractivity contribution in [2.45, 2.75) is 41.2 Å². The molecule has 3 N–H and O–H groups in total. The summed E-state index contributed by atoms with van der Waals surface area (Å²) in [7, 11) is -0.116. The van der Waals surface area contributed by atoms with E-state index in [9.17, 15) is 4.79 Å². The lowest BCUT2D eigenvalue weighted by Gasteiger charge is -2.07. The quantitative estimate of drug-likeness (QED) is 0.145. The van der Waals surface area contributed by atoms with Crippen LogP contribution in [0.2, 0.25) is 5.15 Å². The molecular formula is C31H41BClN3O5. The van der Waals surface area contributed by atoms with Gasteiger partial charge >= 0.3 is 13.1 Å². The second-order valence-electron chi connectivity index (χ2n) is 7.53. The van der Waals surface area contributed by atoms with Gasteiger partial charge in [-0.1, -0.05) is 118 Å². The molecule has 0 unspecified atom stereocenters. The number of benzene rings is 3. The molecule has 1 heterocycles. The number of hydrogen-bond acceptors (Lipinski definition) is 8. The van der Waals surface area contributed by atoms with E-state index in [1.165, 1.54) is 25.1 Å². The van der Waals surface area contributed by atoms with Crippen molar-refractivity contribution < 1.29 is 24.3 Å². The first-order chi connectivity index (χ1) is 19.9. The van der Waals surface area contributed by atoms with Crippen molar-refractivity contribution in [2.75, 3.05) is 19.0 Å². The van der Waals surface area contributed by atoms with Crippen molar-refractivity contribution in [1.82, 2.24) is 9.97 Å². The first-order valence-electron chi connectivity index (χ1n) is 13.3. The SMILES string of the molecule is CC.CC.COC(=O)CNc1cc(Cl)ncn1.Cc1ccccc1.OB(O)c1ccc(OCc2ccccc2)cc1. The topological polar surface area (TPSA) is 114 Å². The molecule has 0 aliphatic heterocycles. The molecule has 0 bridgehead atoms. The number of halogens is 1. The fourth-order valence-electron chi connectivity index (χ4n) is 2.68. The maximum absolute atomic E-state index is 10.7. The number of carbonyl (C=O) groups excluding carboxylic acids is 1. The highest BCUT2D eigenvalue weighted by Gasteiger charge is 2.09. The molecule has 4 rings (SSSR count). The molecule has 0 saturated carbocycles. The predicted octanol–water partition coefficient (Wildman–Crippen LogP) is 5.71. The van der Waals surface area contributed by atoms with Gasteiger partial charge in [-0.25, -0.2) is 9.97 Å². The maximum atomic E-state index is 10.7. The maximum Gasteiger partial charge on any atom is 0.488 e. The summed E-state index contributed by atoms with van der Waals surface area (Å²) in [6.07, 6.45) is 1.31. The first kappa shape index (κ1) is 37.1. The first-order valence-corrected chi connectivity index (χ1v) is 13.7. The van der Waals surface area contributed by atoms with Gasteiger partial charge in [-0.2, -0.15) is 0 Å². The van der Waals surface area contributed by atoms with Crippen LogP contribution in [0.4, 0.5) is 5.82 Å². The molecule has 10 heteroatoms. The van der Waals surface area contributed by atoms with Gasteiger partial charge in [0.2, 0.25) is 0 Å². The minimum atomic E-state index is -1.43. The average molecular weight is 582 g/mol. The number of aromatic nitrogens is 2. The summed E-state index contributed by atoms with van der Waals surface area (Å²) < 4.78 is 9.99. The summed E-state index contributed by atoms with van der Waals surface area (Å²) in [5, 5.41) is 20.9. The molecule has 0 fully saturated rings. The molecule has 0 aliphatic carbocycles. The zero-order valence-corrected chi connectivity index (χ0v) is 25.4. The standard InChI is InChI=1S/C13H13BO3.C7H8ClN3O2.C7H8.2C2H6/c15-14(16)12-6-8-13(9-7-12)17-10-11-4-2-1-3-5-11;1-13-7(12)3-9-6-2-5(8)10-4-11-6;1-7-5-3-2-4-6-7;2*1-2/h1-9,15-16H,10H2;2,4H,3H2,1H3,(H,9,10,11);2-6H,1H3;2*1-2H3. The Morgan fingerprint density at radius 3 is 1.90 bits per heavy atom. The normalized spacial score (nSPS) is 8.90. The lowest BCUT2D eigenvalue weighted by atomic mass is 9.80.